The van der Waals surface area contributed by atoms with E-state index in [2.05, 4.69) is 10.6 Å². The van der Waals surface area contributed by atoms with Crippen molar-refractivity contribution in [1.29, 1.82) is 0 Å². The molecule has 0 saturated heterocycles. The first-order valence-electron chi connectivity index (χ1n) is 6.13. The molecule has 5 nitrogen and oxygen atoms in total. The number of rotatable bonds is 7. The summed E-state index contributed by atoms with van der Waals surface area (Å²) in [5.74, 6) is 0.280. The molecule has 0 saturated carbocycles. The SMILES string of the molecule is CN(C)CCNC(=O)NCCOc1ccc(F)cc1. The Balaban J connectivity index is 2.07. The lowest BCUT2D eigenvalue weighted by molar-refractivity contribution is 0.235. The fourth-order valence-corrected chi connectivity index (χ4v) is 1.32. The molecule has 0 aromatic heterocycles. The minimum Gasteiger partial charge on any atom is -0.492 e. The van der Waals surface area contributed by atoms with Crippen LogP contribution in [-0.2, 0) is 0 Å². The zero-order valence-electron chi connectivity index (χ0n) is 11.3. The summed E-state index contributed by atoms with van der Waals surface area (Å²) >= 11 is 0. The number of hydrogen-bond acceptors (Lipinski definition) is 3. The zero-order chi connectivity index (χ0) is 14.1. The lowest BCUT2D eigenvalue weighted by Crippen LogP contribution is -2.40. The quantitative estimate of drug-likeness (QED) is 0.728. The number of benzene rings is 1. The van der Waals surface area contributed by atoms with Gasteiger partial charge in [-0.1, -0.05) is 0 Å². The largest absolute Gasteiger partial charge is 0.492 e. The van der Waals surface area contributed by atoms with E-state index in [0.717, 1.165) is 6.54 Å². The highest BCUT2D eigenvalue weighted by atomic mass is 19.1. The van der Waals surface area contributed by atoms with E-state index in [9.17, 15) is 9.18 Å². The van der Waals surface area contributed by atoms with Gasteiger partial charge < -0.3 is 20.3 Å². The van der Waals surface area contributed by atoms with E-state index < -0.39 is 0 Å². The lowest BCUT2D eigenvalue weighted by Gasteiger charge is -2.11. The van der Waals surface area contributed by atoms with Crippen molar-refractivity contribution >= 4 is 6.03 Å². The van der Waals surface area contributed by atoms with Crippen molar-refractivity contribution in [2.24, 2.45) is 0 Å². The van der Waals surface area contributed by atoms with Crippen LogP contribution in [0.4, 0.5) is 9.18 Å². The van der Waals surface area contributed by atoms with E-state index in [-0.39, 0.29) is 11.8 Å². The number of nitrogens with zero attached hydrogens (tertiary/aromatic N) is 1. The van der Waals surface area contributed by atoms with Crippen molar-refractivity contribution in [2.75, 3.05) is 40.3 Å². The molecule has 0 aliphatic heterocycles. The highest BCUT2D eigenvalue weighted by Crippen LogP contribution is 2.10. The van der Waals surface area contributed by atoms with Crippen molar-refractivity contribution in [3.8, 4) is 5.75 Å². The maximum absolute atomic E-state index is 12.6. The van der Waals surface area contributed by atoms with Gasteiger partial charge in [0.15, 0.2) is 0 Å². The van der Waals surface area contributed by atoms with Gasteiger partial charge in [0, 0.05) is 13.1 Å². The molecule has 6 heteroatoms. The molecule has 2 N–H and O–H groups in total. The average molecular weight is 269 g/mol. The molecule has 0 unspecified atom stereocenters. The Morgan fingerprint density at radius 3 is 2.47 bits per heavy atom. The number of urea groups is 1. The maximum Gasteiger partial charge on any atom is 0.314 e. The summed E-state index contributed by atoms with van der Waals surface area (Å²) in [6.45, 7) is 2.12. The zero-order valence-corrected chi connectivity index (χ0v) is 11.3. The van der Waals surface area contributed by atoms with Crippen LogP contribution in [0, 0.1) is 5.82 Å². The number of carbonyl (C=O) groups is 1. The van der Waals surface area contributed by atoms with E-state index in [0.29, 0.717) is 25.4 Å². The molecule has 1 aromatic rings. The molecule has 1 rings (SSSR count). The lowest BCUT2D eigenvalue weighted by atomic mass is 10.3. The van der Waals surface area contributed by atoms with E-state index in [1.807, 2.05) is 19.0 Å². The molecule has 2 amide bonds. The predicted molar refractivity (Wildman–Crippen MR) is 71.9 cm³/mol. The summed E-state index contributed by atoms with van der Waals surface area (Å²) in [5, 5.41) is 5.39. The van der Waals surface area contributed by atoms with Crippen LogP contribution in [0.5, 0.6) is 5.75 Å². The third-order valence-corrected chi connectivity index (χ3v) is 2.31. The van der Waals surface area contributed by atoms with Gasteiger partial charge in [-0.15, -0.1) is 0 Å². The van der Waals surface area contributed by atoms with Gasteiger partial charge in [-0.3, -0.25) is 0 Å². The van der Waals surface area contributed by atoms with Gasteiger partial charge >= 0.3 is 6.03 Å². The Labute approximate surface area is 112 Å². The van der Waals surface area contributed by atoms with Gasteiger partial charge in [-0.25, -0.2) is 9.18 Å². The van der Waals surface area contributed by atoms with Crippen molar-refractivity contribution in [3.63, 3.8) is 0 Å². The molecule has 0 radical (unpaired) electrons. The van der Waals surface area contributed by atoms with E-state index in [1.165, 1.54) is 12.1 Å². The number of halogens is 1. The molecular weight excluding hydrogens is 249 g/mol. The second-order valence-electron chi connectivity index (χ2n) is 4.29. The van der Waals surface area contributed by atoms with E-state index in [4.69, 9.17) is 4.74 Å². The summed E-state index contributed by atoms with van der Waals surface area (Å²) in [6.07, 6.45) is 0. The molecule has 0 fully saturated rings. The van der Waals surface area contributed by atoms with Crippen LogP contribution in [-0.4, -0.2) is 51.3 Å². The average Bonchev–Trinajstić information content (AvgIpc) is 2.36. The van der Waals surface area contributed by atoms with Crippen LogP contribution in [0.1, 0.15) is 0 Å². The Bertz CT molecular complexity index is 382. The minimum atomic E-state index is -0.300. The van der Waals surface area contributed by atoms with Gasteiger partial charge in [0.1, 0.15) is 18.2 Å². The van der Waals surface area contributed by atoms with Crippen molar-refractivity contribution in [3.05, 3.63) is 30.1 Å². The van der Waals surface area contributed by atoms with Crippen molar-refractivity contribution < 1.29 is 13.9 Å². The van der Waals surface area contributed by atoms with Crippen LogP contribution in [0.15, 0.2) is 24.3 Å². The highest BCUT2D eigenvalue weighted by molar-refractivity contribution is 5.73. The standard InChI is InChI=1S/C13H20FN3O2/c1-17(2)9-7-15-13(18)16-8-10-19-12-5-3-11(14)4-6-12/h3-6H,7-10H2,1-2H3,(H2,15,16,18). The maximum atomic E-state index is 12.6. The molecule has 0 aliphatic rings. The summed E-state index contributed by atoms with van der Waals surface area (Å²) in [6, 6.07) is 5.54. The summed E-state index contributed by atoms with van der Waals surface area (Å²) < 4.78 is 18.0. The summed E-state index contributed by atoms with van der Waals surface area (Å²) in [7, 11) is 3.88. The number of nitrogens with one attached hydrogen (secondary N) is 2. The number of carbonyl (C=O) groups excluding carboxylic acids is 1. The Morgan fingerprint density at radius 1 is 1.21 bits per heavy atom. The third-order valence-electron chi connectivity index (χ3n) is 2.31. The molecule has 19 heavy (non-hydrogen) atoms. The van der Waals surface area contributed by atoms with Crippen molar-refractivity contribution in [1.82, 2.24) is 15.5 Å². The molecule has 0 bridgehead atoms. The first kappa shape index (κ1) is 15.2. The van der Waals surface area contributed by atoms with Crippen LogP contribution in [0.2, 0.25) is 0 Å². The van der Waals surface area contributed by atoms with Gasteiger partial charge in [-0.05, 0) is 38.4 Å². The number of ether oxygens (including phenoxy) is 1. The number of amides is 2. The molecule has 0 spiro atoms. The minimum absolute atomic E-state index is 0.218. The topological polar surface area (TPSA) is 53.6 Å². The molecule has 0 heterocycles. The van der Waals surface area contributed by atoms with Crippen LogP contribution >= 0.6 is 0 Å². The first-order chi connectivity index (χ1) is 9.08. The van der Waals surface area contributed by atoms with Gasteiger partial charge in [0.25, 0.3) is 0 Å². The Hall–Kier alpha value is -1.82. The predicted octanol–water partition coefficient (Wildman–Crippen LogP) is 1.07. The molecule has 0 atom stereocenters. The summed E-state index contributed by atoms with van der Waals surface area (Å²) in [5.41, 5.74) is 0. The van der Waals surface area contributed by atoms with Crippen LogP contribution in [0.25, 0.3) is 0 Å². The normalized spacial score (nSPS) is 10.3. The molecule has 106 valence electrons. The van der Waals surface area contributed by atoms with E-state index in [1.54, 1.807) is 12.1 Å². The second-order valence-corrected chi connectivity index (χ2v) is 4.29. The van der Waals surface area contributed by atoms with Crippen LogP contribution in [0.3, 0.4) is 0 Å². The Kier molecular flexibility index (Phi) is 6.67. The van der Waals surface area contributed by atoms with Crippen LogP contribution < -0.4 is 15.4 Å². The molecule has 0 aliphatic carbocycles. The second kappa shape index (κ2) is 8.31. The third kappa shape index (κ3) is 7.25. The van der Waals surface area contributed by atoms with Gasteiger partial charge in [-0.2, -0.15) is 0 Å². The summed E-state index contributed by atoms with van der Waals surface area (Å²) in [4.78, 5) is 13.3. The monoisotopic (exact) mass is 269 g/mol. The molecular formula is C13H20FN3O2. The number of likely N-dealkylation sites (N-methyl/N-ethyl adjacent to an activating group) is 1. The van der Waals surface area contributed by atoms with Crippen molar-refractivity contribution in [2.45, 2.75) is 0 Å². The fraction of sp³-hybridized carbons (Fsp3) is 0.462. The van der Waals surface area contributed by atoms with E-state index >= 15 is 0 Å². The smallest absolute Gasteiger partial charge is 0.314 e. The Morgan fingerprint density at radius 2 is 1.84 bits per heavy atom. The van der Waals surface area contributed by atoms with Gasteiger partial charge in [0.05, 0.1) is 6.54 Å². The molecule has 1 aromatic carbocycles. The first-order valence-corrected chi connectivity index (χ1v) is 6.13. The fourth-order valence-electron chi connectivity index (χ4n) is 1.32. The van der Waals surface area contributed by atoms with Gasteiger partial charge in [0.2, 0.25) is 0 Å². The highest BCUT2D eigenvalue weighted by Gasteiger charge is 1.99. The number of hydrogen-bond donors (Lipinski definition) is 2.